The minimum atomic E-state index is -0.410. The van der Waals surface area contributed by atoms with Gasteiger partial charge in [-0.3, -0.25) is 9.36 Å². The molecule has 2 aromatic heterocycles. The summed E-state index contributed by atoms with van der Waals surface area (Å²) in [6, 6.07) is 21.5. The Kier molecular flexibility index (Phi) is 7.18. The molecule has 0 aliphatic carbocycles. The summed E-state index contributed by atoms with van der Waals surface area (Å²) in [5.74, 6) is 2.34. The van der Waals surface area contributed by atoms with Gasteiger partial charge in [-0.2, -0.15) is 0 Å². The van der Waals surface area contributed by atoms with Gasteiger partial charge in [0.25, 0.3) is 0 Å². The van der Waals surface area contributed by atoms with Crippen molar-refractivity contribution in [3.8, 4) is 17.1 Å². The second-order valence-corrected chi connectivity index (χ2v) is 9.57. The van der Waals surface area contributed by atoms with E-state index in [0.717, 1.165) is 48.6 Å². The van der Waals surface area contributed by atoms with Crippen LogP contribution in [0.3, 0.4) is 0 Å². The topological polar surface area (TPSA) is 73.4 Å². The van der Waals surface area contributed by atoms with Crippen LogP contribution >= 0.6 is 11.8 Å². The number of carbonyl (C=O) groups excluding carboxylic acids is 1. The first-order valence-corrected chi connectivity index (χ1v) is 12.7. The molecule has 5 rings (SSSR count). The maximum atomic E-state index is 13.7. The first-order valence-electron chi connectivity index (χ1n) is 11.8. The number of ether oxygens (including phenoxy) is 1. The molecule has 0 spiro atoms. The van der Waals surface area contributed by atoms with Crippen LogP contribution in [0.2, 0.25) is 0 Å². The highest BCUT2D eigenvalue weighted by molar-refractivity contribution is 8.00. The predicted octanol–water partition coefficient (Wildman–Crippen LogP) is 5.44. The summed E-state index contributed by atoms with van der Waals surface area (Å²) in [7, 11) is 1.64. The molecule has 0 bridgehead atoms. The highest BCUT2D eigenvalue weighted by atomic mass is 32.2. The van der Waals surface area contributed by atoms with Crippen molar-refractivity contribution in [2.24, 2.45) is 0 Å². The number of benzene rings is 2. The van der Waals surface area contributed by atoms with Crippen LogP contribution in [-0.2, 0) is 11.3 Å². The van der Waals surface area contributed by atoms with Crippen LogP contribution in [0.4, 0.5) is 0 Å². The van der Waals surface area contributed by atoms with Gasteiger partial charge >= 0.3 is 0 Å². The SMILES string of the molecule is COc1cccc(-c2nnc(S[C@@H](C(=O)N3CCCCC3)c3ccccc3)n2Cc2ccco2)c1. The average molecular weight is 489 g/mol. The Bertz CT molecular complexity index is 1250. The zero-order chi connectivity index (χ0) is 24.0. The number of nitrogens with zero attached hydrogens (tertiary/aromatic N) is 4. The Morgan fingerprint density at radius 2 is 1.86 bits per heavy atom. The molecule has 1 fully saturated rings. The minimum absolute atomic E-state index is 0.122. The van der Waals surface area contributed by atoms with Crippen molar-refractivity contribution in [1.82, 2.24) is 19.7 Å². The number of hydrogen-bond acceptors (Lipinski definition) is 6. The van der Waals surface area contributed by atoms with Gasteiger partial charge in [0.1, 0.15) is 16.8 Å². The number of amides is 1. The molecule has 1 atom stereocenters. The van der Waals surface area contributed by atoms with Crippen LogP contribution in [0.1, 0.15) is 35.8 Å². The van der Waals surface area contributed by atoms with Gasteiger partial charge in [0, 0.05) is 18.7 Å². The first-order chi connectivity index (χ1) is 17.2. The van der Waals surface area contributed by atoms with E-state index in [2.05, 4.69) is 10.2 Å². The van der Waals surface area contributed by atoms with E-state index in [0.29, 0.717) is 17.5 Å². The van der Waals surface area contributed by atoms with Crippen molar-refractivity contribution < 1.29 is 13.9 Å². The Morgan fingerprint density at radius 1 is 1.03 bits per heavy atom. The van der Waals surface area contributed by atoms with E-state index in [4.69, 9.17) is 9.15 Å². The van der Waals surface area contributed by atoms with E-state index in [9.17, 15) is 4.79 Å². The molecule has 0 radical (unpaired) electrons. The van der Waals surface area contributed by atoms with E-state index in [1.165, 1.54) is 18.2 Å². The lowest BCUT2D eigenvalue weighted by molar-refractivity contribution is -0.131. The lowest BCUT2D eigenvalue weighted by Crippen LogP contribution is -2.38. The summed E-state index contributed by atoms with van der Waals surface area (Å²) in [4.78, 5) is 15.7. The van der Waals surface area contributed by atoms with Gasteiger partial charge in [0.05, 0.1) is 19.9 Å². The smallest absolute Gasteiger partial charge is 0.240 e. The molecule has 4 aromatic rings. The zero-order valence-corrected chi connectivity index (χ0v) is 20.5. The predicted molar refractivity (Wildman–Crippen MR) is 135 cm³/mol. The molecule has 1 aliphatic heterocycles. The first kappa shape index (κ1) is 23.2. The summed E-state index contributed by atoms with van der Waals surface area (Å²) in [6.45, 7) is 2.06. The van der Waals surface area contributed by atoms with Gasteiger partial charge in [-0.05, 0) is 49.1 Å². The lowest BCUT2D eigenvalue weighted by atomic mass is 10.1. The Balaban J connectivity index is 1.53. The fourth-order valence-electron chi connectivity index (χ4n) is 4.33. The van der Waals surface area contributed by atoms with Crippen LogP contribution in [0.25, 0.3) is 11.4 Å². The summed E-state index contributed by atoms with van der Waals surface area (Å²) < 4.78 is 13.1. The number of thioether (sulfide) groups is 1. The van der Waals surface area contributed by atoms with Gasteiger partial charge in [-0.15, -0.1) is 10.2 Å². The van der Waals surface area contributed by atoms with Gasteiger partial charge in [-0.25, -0.2) is 0 Å². The molecule has 8 heteroatoms. The van der Waals surface area contributed by atoms with Crippen molar-refractivity contribution in [3.05, 3.63) is 84.3 Å². The second kappa shape index (κ2) is 10.8. The lowest BCUT2D eigenvalue weighted by Gasteiger charge is -2.30. The number of furan rings is 1. The molecule has 180 valence electrons. The van der Waals surface area contributed by atoms with Crippen LogP contribution < -0.4 is 4.74 Å². The molecule has 0 unspecified atom stereocenters. The Morgan fingerprint density at radius 3 is 2.60 bits per heavy atom. The number of aromatic nitrogens is 3. The fraction of sp³-hybridized carbons (Fsp3) is 0.296. The summed E-state index contributed by atoms with van der Waals surface area (Å²) >= 11 is 1.44. The van der Waals surface area contributed by atoms with Crippen molar-refractivity contribution in [2.75, 3.05) is 20.2 Å². The molecule has 3 heterocycles. The summed E-state index contributed by atoms with van der Waals surface area (Å²) in [5, 5.41) is 9.33. The van der Waals surface area contributed by atoms with Crippen LogP contribution in [-0.4, -0.2) is 45.8 Å². The van der Waals surface area contributed by atoms with Crippen LogP contribution in [0.5, 0.6) is 5.75 Å². The van der Waals surface area contributed by atoms with E-state index in [-0.39, 0.29) is 5.91 Å². The standard InChI is InChI=1S/C27H28N4O3S/c1-33-22-13-8-12-21(18-22)25-28-29-27(31(25)19-23-14-9-17-34-23)35-24(20-10-4-2-5-11-20)26(32)30-15-6-3-7-16-30/h2,4-5,8-14,17-18,24H,3,6-7,15-16,19H2,1H3/t24-/m1/s1. The third kappa shape index (κ3) is 5.27. The molecular formula is C27H28N4O3S. The number of likely N-dealkylation sites (tertiary alicyclic amines) is 1. The van der Waals surface area contributed by atoms with E-state index < -0.39 is 5.25 Å². The molecular weight excluding hydrogens is 460 g/mol. The van der Waals surface area contributed by atoms with E-state index in [1.54, 1.807) is 13.4 Å². The minimum Gasteiger partial charge on any atom is -0.497 e. The molecule has 2 aromatic carbocycles. The highest BCUT2D eigenvalue weighted by Gasteiger charge is 2.30. The van der Waals surface area contributed by atoms with Crippen molar-refractivity contribution >= 4 is 17.7 Å². The molecule has 0 N–H and O–H groups in total. The number of rotatable bonds is 8. The van der Waals surface area contributed by atoms with Crippen molar-refractivity contribution in [2.45, 2.75) is 36.2 Å². The Labute approximate surface area is 209 Å². The molecule has 1 aliphatic rings. The number of methoxy groups -OCH3 is 1. The maximum absolute atomic E-state index is 13.7. The van der Waals surface area contributed by atoms with E-state index in [1.807, 2.05) is 76.2 Å². The van der Waals surface area contributed by atoms with Gasteiger partial charge < -0.3 is 14.1 Å². The maximum Gasteiger partial charge on any atom is 0.240 e. The number of carbonyl (C=O) groups is 1. The summed E-state index contributed by atoms with van der Waals surface area (Å²) in [6.07, 6.45) is 4.93. The van der Waals surface area contributed by atoms with Crippen LogP contribution in [0.15, 0.2) is 82.6 Å². The third-order valence-corrected chi connectivity index (χ3v) is 7.38. The number of hydrogen-bond donors (Lipinski definition) is 0. The van der Waals surface area contributed by atoms with Gasteiger partial charge in [-0.1, -0.05) is 54.2 Å². The summed E-state index contributed by atoms with van der Waals surface area (Å²) in [5.41, 5.74) is 1.84. The number of piperidine rings is 1. The quantitative estimate of drug-likeness (QED) is 0.308. The molecule has 0 saturated carbocycles. The normalized spacial score (nSPS) is 14.6. The highest BCUT2D eigenvalue weighted by Crippen LogP contribution is 2.38. The van der Waals surface area contributed by atoms with Crippen molar-refractivity contribution in [3.63, 3.8) is 0 Å². The van der Waals surface area contributed by atoms with Gasteiger partial charge in [0.15, 0.2) is 11.0 Å². The van der Waals surface area contributed by atoms with Crippen LogP contribution in [0, 0.1) is 0 Å². The largest absolute Gasteiger partial charge is 0.497 e. The van der Waals surface area contributed by atoms with E-state index >= 15 is 0 Å². The third-order valence-electron chi connectivity index (χ3n) is 6.16. The fourth-order valence-corrected chi connectivity index (χ4v) is 5.45. The average Bonchev–Trinajstić information content (AvgIpc) is 3.58. The van der Waals surface area contributed by atoms with Crippen molar-refractivity contribution in [1.29, 1.82) is 0 Å². The Hall–Kier alpha value is -3.52. The monoisotopic (exact) mass is 488 g/mol. The molecule has 35 heavy (non-hydrogen) atoms. The van der Waals surface area contributed by atoms with Gasteiger partial charge in [0.2, 0.25) is 5.91 Å². The molecule has 7 nitrogen and oxygen atoms in total. The molecule has 1 saturated heterocycles. The zero-order valence-electron chi connectivity index (χ0n) is 19.7. The molecule has 1 amide bonds. The second-order valence-electron chi connectivity index (χ2n) is 8.50.